The van der Waals surface area contributed by atoms with Crippen molar-refractivity contribution in [2.24, 2.45) is 17.8 Å². The van der Waals surface area contributed by atoms with Crippen molar-refractivity contribution in [1.29, 1.82) is 0 Å². The highest BCUT2D eigenvalue weighted by Gasteiger charge is 2.35. The first-order valence-electron chi connectivity index (χ1n) is 10.6. The van der Waals surface area contributed by atoms with Crippen molar-refractivity contribution in [2.45, 2.75) is 64.2 Å². The molecule has 1 heteroatoms. The third-order valence-electron chi connectivity index (χ3n) is 6.98. The predicted molar refractivity (Wildman–Crippen MR) is 108 cm³/mol. The van der Waals surface area contributed by atoms with Gasteiger partial charge in [-0.1, -0.05) is 62.6 Å². The van der Waals surface area contributed by atoms with E-state index in [-0.39, 0.29) is 5.82 Å². The van der Waals surface area contributed by atoms with E-state index in [1.807, 2.05) is 12.1 Å². The third-order valence-corrected chi connectivity index (χ3v) is 6.98. The highest BCUT2D eigenvalue weighted by molar-refractivity contribution is 5.63. The van der Waals surface area contributed by atoms with Crippen LogP contribution in [-0.2, 0) is 0 Å². The minimum atomic E-state index is -0.171. The van der Waals surface area contributed by atoms with Crippen molar-refractivity contribution in [3.05, 3.63) is 59.9 Å². The maximum atomic E-state index is 13.1. The van der Waals surface area contributed by atoms with Gasteiger partial charge in [0.25, 0.3) is 0 Å². The number of fused-ring (bicyclic) bond motifs is 1. The van der Waals surface area contributed by atoms with Crippen LogP contribution in [0.3, 0.4) is 0 Å². The van der Waals surface area contributed by atoms with Crippen molar-refractivity contribution < 1.29 is 4.39 Å². The fourth-order valence-electron chi connectivity index (χ4n) is 5.55. The number of rotatable bonds is 4. The summed E-state index contributed by atoms with van der Waals surface area (Å²) in [6.45, 7) is 2.33. The summed E-state index contributed by atoms with van der Waals surface area (Å²) in [6.07, 6.45) is 11.4. The van der Waals surface area contributed by atoms with E-state index in [1.165, 1.54) is 62.5 Å². The van der Waals surface area contributed by atoms with Gasteiger partial charge in [0.2, 0.25) is 0 Å². The number of benzene rings is 2. The molecule has 2 aliphatic rings. The number of hydrogen-bond donors (Lipinski definition) is 0. The maximum Gasteiger partial charge on any atom is 0.123 e. The monoisotopic (exact) mass is 350 g/mol. The first-order valence-corrected chi connectivity index (χ1v) is 10.6. The Balaban J connectivity index is 1.40. The van der Waals surface area contributed by atoms with Crippen LogP contribution in [0.15, 0.2) is 48.5 Å². The van der Waals surface area contributed by atoms with Crippen molar-refractivity contribution in [3.63, 3.8) is 0 Å². The average molecular weight is 351 g/mol. The standard InChI is InChI=1S/C25H31F/c1-2-3-18-4-5-24-17-23(11-10-22(24)16-18)21-8-6-19(7-9-21)20-12-14-25(26)15-13-20/h6-9,12-15,18,22-24H,2-5,10-11,16-17H2,1H3. The largest absolute Gasteiger partial charge is 0.207 e. The molecule has 0 aromatic heterocycles. The predicted octanol–water partition coefficient (Wildman–Crippen LogP) is 7.59. The fourth-order valence-corrected chi connectivity index (χ4v) is 5.55. The molecule has 0 aliphatic heterocycles. The summed E-state index contributed by atoms with van der Waals surface area (Å²) in [5.74, 6) is 3.53. The van der Waals surface area contributed by atoms with Gasteiger partial charge in [0.15, 0.2) is 0 Å². The lowest BCUT2D eigenvalue weighted by molar-refractivity contribution is 0.114. The Bertz CT molecular complexity index is 700. The molecule has 4 unspecified atom stereocenters. The van der Waals surface area contributed by atoms with Crippen molar-refractivity contribution in [1.82, 2.24) is 0 Å². The summed E-state index contributed by atoms with van der Waals surface area (Å²) >= 11 is 0. The molecule has 0 amide bonds. The Morgan fingerprint density at radius 3 is 2.08 bits per heavy atom. The molecule has 0 N–H and O–H groups in total. The first kappa shape index (κ1) is 17.8. The Hall–Kier alpha value is -1.63. The van der Waals surface area contributed by atoms with Crippen LogP contribution >= 0.6 is 0 Å². The summed E-state index contributed by atoms with van der Waals surface area (Å²) in [5, 5.41) is 0. The van der Waals surface area contributed by atoms with Crippen LogP contribution in [0.4, 0.5) is 4.39 Å². The Kier molecular flexibility index (Phi) is 5.43. The van der Waals surface area contributed by atoms with Crippen molar-refractivity contribution >= 4 is 0 Å². The minimum Gasteiger partial charge on any atom is -0.207 e. The molecule has 0 heterocycles. The molecule has 2 fully saturated rings. The van der Waals surface area contributed by atoms with Gasteiger partial charge in [-0.25, -0.2) is 4.39 Å². The van der Waals surface area contributed by atoms with Crippen LogP contribution < -0.4 is 0 Å². The molecular formula is C25H31F. The zero-order valence-corrected chi connectivity index (χ0v) is 16.0. The van der Waals surface area contributed by atoms with Gasteiger partial charge in [-0.2, -0.15) is 0 Å². The van der Waals surface area contributed by atoms with E-state index in [0.717, 1.165) is 29.2 Å². The molecule has 0 saturated heterocycles. The number of hydrogen-bond acceptors (Lipinski definition) is 0. The highest BCUT2D eigenvalue weighted by Crippen LogP contribution is 2.48. The Morgan fingerprint density at radius 2 is 1.38 bits per heavy atom. The summed E-state index contributed by atoms with van der Waals surface area (Å²) < 4.78 is 13.1. The summed E-state index contributed by atoms with van der Waals surface area (Å²) in [6, 6.07) is 15.9. The SMILES string of the molecule is CCCC1CCC2CC(c3ccc(-c4ccc(F)cc4)cc3)CCC2C1. The second-order valence-electron chi connectivity index (χ2n) is 8.63. The molecule has 2 saturated carbocycles. The van der Waals surface area contributed by atoms with Crippen LogP contribution in [0.5, 0.6) is 0 Å². The van der Waals surface area contributed by atoms with Gasteiger partial charge in [-0.3, -0.25) is 0 Å². The lowest BCUT2D eigenvalue weighted by Crippen LogP contribution is -2.30. The third kappa shape index (κ3) is 3.87. The zero-order valence-electron chi connectivity index (χ0n) is 16.0. The normalized spacial score (nSPS) is 28.5. The lowest BCUT2D eigenvalue weighted by Gasteiger charge is -2.42. The quantitative estimate of drug-likeness (QED) is 0.532. The van der Waals surface area contributed by atoms with Gasteiger partial charge >= 0.3 is 0 Å². The molecule has 0 bridgehead atoms. The van der Waals surface area contributed by atoms with Crippen molar-refractivity contribution in [3.8, 4) is 11.1 Å². The second-order valence-corrected chi connectivity index (χ2v) is 8.63. The summed E-state index contributed by atoms with van der Waals surface area (Å²) in [5.41, 5.74) is 3.78. The average Bonchev–Trinajstić information content (AvgIpc) is 2.69. The molecular weight excluding hydrogens is 319 g/mol. The molecule has 0 radical (unpaired) electrons. The van der Waals surface area contributed by atoms with Gasteiger partial charge in [-0.05, 0) is 84.6 Å². The molecule has 0 spiro atoms. The van der Waals surface area contributed by atoms with E-state index >= 15 is 0 Å². The highest BCUT2D eigenvalue weighted by atomic mass is 19.1. The van der Waals surface area contributed by atoms with Crippen molar-refractivity contribution in [2.75, 3.05) is 0 Å². The maximum absolute atomic E-state index is 13.1. The Labute approximate surface area is 157 Å². The van der Waals surface area contributed by atoms with E-state index < -0.39 is 0 Å². The van der Waals surface area contributed by atoms with Crippen LogP contribution in [0.25, 0.3) is 11.1 Å². The van der Waals surface area contributed by atoms with E-state index in [9.17, 15) is 4.39 Å². The van der Waals surface area contributed by atoms with E-state index in [0.29, 0.717) is 0 Å². The molecule has 4 atom stereocenters. The smallest absolute Gasteiger partial charge is 0.123 e. The summed E-state index contributed by atoms with van der Waals surface area (Å²) in [4.78, 5) is 0. The van der Waals surface area contributed by atoms with Crippen LogP contribution in [0.2, 0.25) is 0 Å². The van der Waals surface area contributed by atoms with Crippen LogP contribution in [-0.4, -0.2) is 0 Å². The topological polar surface area (TPSA) is 0 Å². The molecule has 2 aromatic carbocycles. The van der Waals surface area contributed by atoms with Crippen LogP contribution in [0.1, 0.15) is 69.8 Å². The molecule has 4 rings (SSSR count). The van der Waals surface area contributed by atoms with E-state index in [4.69, 9.17) is 0 Å². The molecule has 26 heavy (non-hydrogen) atoms. The zero-order chi connectivity index (χ0) is 17.9. The molecule has 2 aromatic rings. The second kappa shape index (κ2) is 7.94. The van der Waals surface area contributed by atoms with E-state index in [2.05, 4.69) is 31.2 Å². The Morgan fingerprint density at radius 1 is 0.769 bits per heavy atom. The van der Waals surface area contributed by atoms with E-state index in [1.54, 1.807) is 12.1 Å². The summed E-state index contributed by atoms with van der Waals surface area (Å²) in [7, 11) is 0. The minimum absolute atomic E-state index is 0.171. The van der Waals surface area contributed by atoms with Gasteiger partial charge < -0.3 is 0 Å². The van der Waals surface area contributed by atoms with Crippen LogP contribution in [0, 0.1) is 23.6 Å². The molecule has 138 valence electrons. The fraction of sp³-hybridized carbons (Fsp3) is 0.520. The number of halogens is 1. The lowest BCUT2D eigenvalue weighted by atomic mass is 9.63. The van der Waals surface area contributed by atoms with Gasteiger partial charge in [0, 0.05) is 0 Å². The van der Waals surface area contributed by atoms with Gasteiger partial charge in [-0.15, -0.1) is 0 Å². The molecule has 0 nitrogen and oxygen atoms in total. The first-order chi connectivity index (χ1) is 12.7. The molecule has 2 aliphatic carbocycles. The van der Waals surface area contributed by atoms with Gasteiger partial charge in [0.1, 0.15) is 5.82 Å². The van der Waals surface area contributed by atoms with Gasteiger partial charge in [0.05, 0.1) is 0 Å².